The second kappa shape index (κ2) is 5.67. The molecule has 0 amide bonds. The van der Waals surface area contributed by atoms with Crippen LogP contribution in [0.2, 0.25) is 0 Å². The third kappa shape index (κ3) is 2.72. The summed E-state index contributed by atoms with van der Waals surface area (Å²) in [6.45, 7) is 0. The number of nitrogens with zero attached hydrogens (tertiary/aromatic N) is 1. The van der Waals surface area contributed by atoms with E-state index in [0.29, 0.717) is 22.4 Å². The zero-order chi connectivity index (χ0) is 14.7. The number of benzene rings is 2. The molecular weight excluding hydrogens is 265 g/mol. The molecule has 0 aliphatic heterocycles. The summed E-state index contributed by atoms with van der Waals surface area (Å²) in [4.78, 5) is 16.4. The molecule has 0 radical (unpaired) electrons. The summed E-state index contributed by atoms with van der Waals surface area (Å²) in [5, 5.41) is 0. The van der Waals surface area contributed by atoms with Crippen molar-refractivity contribution in [1.29, 1.82) is 0 Å². The maximum absolute atomic E-state index is 13.7. The van der Waals surface area contributed by atoms with Gasteiger partial charge in [-0.2, -0.15) is 0 Å². The second-order valence-electron chi connectivity index (χ2n) is 4.61. The summed E-state index contributed by atoms with van der Waals surface area (Å²) >= 11 is 0. The van der Waals surface area contributed by atoms with Gasteiger partial charge >= 0.3 is 0 Å². The highest BCUT2D eigenvalue weighted by atomic mass is 19.1. The van der Waals surface area contributed by atoms with Gasteiger partial charge in [0.1, 0.15) is 5.82 Å². The molecule has 1 aromatic heterocycles. The number of ketones is 1. The molecular formula is C18H12FNO. The van der Waals surface area contributed by atoms with Crippen LogP contribution < -0.4 is 0 Å². The van der Waals surface area contributed by atoms with Gasteiger partial charge in [-0.1, -0.05) is 42.5 Å². The molecule has 0 fully saturated rings. The molecule has 2 aromatic carbocycles. The van der Waals surface area contributed by atoms with Gasteiger partial charge in [-0.25, -0.2) is 4.39 Å². The van der Waals surface area contributed by atoms with E-state index in [9.17, 15) is 9.18 Å². The molecule has 0 bridgehead atoms. The largest absolute Gasteiger partial charge is 0.289 e. The predicted molar refractivity (Wildman–Crippen MR) is 79.5 cm³/mol. The van der Waals surface area contributed by atoms with Crippen LogP contribution in [-0.2, 0) is 0 Å². The molecule has 102 valence electrons. The van der Waals surface area contributed by atoms with Crippen LogP contribution in [0.15, 0.2) is 72.9 Å². The highest BCUT2D eigenvalue weighted by Crippen LogP contribution is 2.21. The number of aromatic nitrogens is 1. The van der Waals surface area contributed by atoms with Gasteiger partial charge < -0.3 is 0 Å². The van der Waals surface area contributed by atoms with Crippen LogP contribution in [0, 0.1) is 5.82 Å². The SMILES string of the molecule is O=C(c1ccccc1)c1ccc(-c2ccccc2F)nc1. The smallest absolute Gasteiger partial charge is 0.194 e. The molecule has 0 N–H and O–H groups in total. The van der Waals surface area contributed by atoms with Crippen LogP contribution in [0.3, 0.4) is 0 Å². The Morgan fingerprint density at radius 3 is 2.19 bits per heavy atom. The molecule has 3 heteroatoms. The molecule has 0 aliphatic rings. The van der Waals surface area contributed by atoms with E-state index in [1.807, 2.05) is 18.2 Å². The number of carbonyl (C=O) groups is 1. The predicted octanol–water partition coefficient (Wildman–Crippen LogP) is 4.12. The molecule has 3 aromatic rings. The second-order valence-corrected chi connectivity index (χ2v) is 4.61. The van der Waals surface area contributed by atoms with Crippen LogP contribution in [-0.4, -0.2) is 10.8 Å². The van der Waals surface area contributed by atoms with E-state index in [1.165, 1.54) is 12.3 Å². The average Bonchev–Trinajstić information content (AvgIpc) is 2.56. The van der Waals surface area contributed by atoms with Crippen LogP contribution in [0.1, 0.15) is 15.9 Å². The zero-order valence-electron chi connectivity index (χ0n) is 11.2. The number of halogens is 1. The Morgan fingerprint density at radius 2 is 1.52 bits per heavy atom. The molecule has 2 nitrogen and oxygen atoms in total. The maximum Gasteiger partial charge on any atom is 0.194 e. The Hall–Kier alpha value is -2.81. The fourth-order valence-corrected chi connectivity index (χ4v) is 2.11. The van der Waals surface area contributed by atoms with Gasteiger partial charge in [0.05, 0.1) is 5.69 Å². The number of rotatable bonds is 3. The first-order valence-electron chi connectivity index (χ1n) is 6.56. The number of hydrogen-bond donors (Lipinski definition) is 0. The molecule has 0 spiro atoms. The minimum atomic E-state index is -0.327. The van der Waals surface area contributed by atoms with Crippen molar-refractivity contribution in [2.24, 2.45) is 0 Å². The van der Waals surface area contributed by atoms with Gasteiger partial charge in [0.25, 0.3) is 0 Å². The molecule has 0 atom stereocenters. The van der Waals surface area contributed by atoms with E-state index in [-0.39, 0.29) is 11.6 Å². The standard InChI is InChI=1S/C18H12FNO/c19-16-9-5-4-8-15(16)17-11-10-14(12-20-17)18(21)13-6-2-1-3-7-13/h1-12H. The van der Waals surface area contributed by atoms with Gasteiger partial charge in [0.15, 0.2) is 5.78 Å². The lowest BCUT2D eigenvalue weighted by molar-refractivity contribution is 0.103. The zero-order valence-corrected chi connectivity index (χ0v) is 11.2. The van der Waals surface area contributed by atoms with Gasteiger partial charge in [-0.3, -0.25) is 9.78 Å². The highest BCUT2D eigenvalue weighted by Gasteiger charge is 2.10. The van der Waals surface area contributed by atoms with Gasteiger partial charge in [-0.05, 0) is 24.3 Å². The molecule has 0 unspecified atom stereocenters. The first-order valence-corrected chi connectivity index (χ1v) is 6.56. The van der Waals surface area contributed by atoms with Crippen molar-refractivity contribution >= 4 is 5.78 Å². The van der Waals surface area contributed by atoms with E-state index in [4.69, 9.17) is 0 Å². The Morgan fingerprint density at radius 1 is 0.810 bits per heavy atom. The monoisotopic (exact) mass is 277 g/mol. The van der Waals surface area contributed by atoms with Gasteiger partial charge in [-0.15, -0.1) is 0 Å². The number of pyridine rings is 1. The number of carbonyl (C=O) groups excluding carboxylic acids is 1. The maximum atomic E-state index is 13.7. The van der Waals surface area contributed by atoms with Crippen molar-refractivity contribution < 1.29 is 9.18 Å². The van der Waals surface area contributed by atoms with Crippen LogP contribution in [0.4, 0.5) is 4.39 Å². The lowest BCUT2D eigenvalue weighted by Crippen LogP contribution is -2.01. The first-order chi connectivity index (χ1) is 10.3. The molecule has 0 saturated carbocycles. The van der Waals surface area contributed by atoms with Crippen LogP contribution >= 0.6 is 0 Å². The summed E-state index contributed by atoms with van der Waals surface area (Å²) in [6.07, 6.45) is 1.48. The fourth-order valence-electron chi connectivity index (χ4n) is 2.11. The Balaban J connectivity index is 1.92. The van der Waals surface area contributed by atoms with E-state index in [1.54, 1.807) is 42.5 Å². The lowest BCUT2D eigenvalue weighted by Gasteiger charge is -2.04. The summed E-state index contributed by atoms with van der Waals surface area (Å²) in [7, 11) is 0. The molecule has 1 heterocycles. The highest BCUT2D eigenvalue weighted by molar-refractivity contribution is 6.08. The molecule has 21 heavy (non-hydrogen) atoms. The third-order valence-electron chi connectivity index (χ3n) is 3.21. The third-order valence-corrected chi connectivity index (χ3v) is 3.21. The lowest BCUT2D eigenvalue weighted by atomic mass is 10.0. The summed E-state index contributed by atoms with van der Waals surface area (Å²) in [5.41, 5.74) is 2.04. The topological polar surface area (TPSA) is 30.0 Å². The first kappa shape index (κ1) is 13.2. The minimum Gasteiger partial charge on any atom is -0.289 e. The average molecular weight is 277 g/mol. The fraction of sp³-hybridized carbons (Fsp3) is 0. The van der Waals surface area contributed by atoms with Crippen molar-refractivity contribution in [3.63, 3.8) is 0 Å². The molecule has 0 saturated heterocycles. The molecule has 0 aliphatic carbocycles. The van der Waals surface area contributed by atoms with E-state index >= 15 is 0 Å². The van der Waals surface area contributed by atoms with Crippen molar-refractivity contribution in [3.8, 4) is 11.3 Å². The van der Waals surface area contributed by atoms with Gasteiger partial charge in [0, 0.05) is 22.9 Å². The van der Waals surface area contributed by atoms with Gasteiger partial charge in [0.2, 0.25) is 0 Å². The van der Waals surface area contributed by atoms with Crippen molar-refractivity contribution in [2.45, 2.75) is 0 Å². The van der Waals surface area contributed by atoms with E-state index in [0.717, 1.165) is 0 Å². The van der Waals surface area contributed by atoms with Crippen molar-refractivity contribution in [3.05, 3.63) is 89.9 Å². The van der Waals surface area contributed by atoms with Crippen LogP contribution in [0.5, 0.6) is 0 Å². The summed E-state index contributed by atoms with van der Waals surface area (Å²) < 4.78 is 13.7. The molecule has 3 rings (SSSR count). The quantitative estimate of drug-likeness (QED) is 0.674. The van der Waals surface area contributed by atoms with Crippen LogP contribution in [0.25, 0.3) is 11.3 Å². The Bertz CT molecular complexity index is 767. The van der Waals surface area contributed by atoms with E-state index in [2.05, 4.69) is 4.98 Å². The van der Waals surface area contributed by atoms with E-state index < -0.39 is 0 Å². The minimum absolute atomic E-state index is 0.0943. The summed E-state index contributed by atoms with van der Waals surface area (Å²) in [6, 6.07) is 18.8. The number of hydrogen-bond acceptors (Lipinski definition) is 2. The van der Waals surface area contributed by atoms with Crippen molar-refractivity contribution in [2.75, 3.05) is 0 Å². The normalized spacial score (nSPS) is 10.3. The van der Waals surface area contributed by atoms with Crippen molar-refractivity contribution in [1.82, 2.24) is 4.98 Å². The summed E-state index contributed by atoms with van der Waals surface area (Å²) in [5.74, 6) is -0.421. The Kier molecular flexibility index (Phi) is 3.56. The Labute approximate surface area is 121 Å².